The predicted molar refractivity (Wildman–Crippen MR) is 89.1 cm³/mol. The summed E-state index contributed by atoms with van der Waals surface area (Å²) >= 11 is 0. The molecule has 24 heavy (non-hydrogen) atoms. The van der Waals surface area contributed by atoms with E-state index in [4.69, 9.17) is 26.5 Å². The van der Waals surface area contributed by atoms with E-state index in [1.165, 1.54) is 0 Å². The van der Waals surface area contributed by atoms with Gasteiger partial charge in [-0.05, 0) is 34.6 Å². The molecule has 6 nitrogen and oxygen atoms in total. The topological polar surface area (TPSA) is 44.5 Å². The first-order valence-corrected chi connectivity index (χ1v) is 8.88. The van der Waals surface area contributed by atoms with Crippen LogP contribution < -0.4 is 0 Å². The molecule has 1 unspecified atom stereocenters. The molecule has 0 spiro atoms. The van der Waals surface area contributed by atoms with Crippen molar-refractivity contribution in [3.63, 3.8) is 0 Å². The Labute approximate surface area is 171 Å². The van der Waals surface area contributed by atoms with Crippen molar-refractivity contribution in [2.75, 3.05) is 13.2 Å². The number of fused-ring (bicyclic) bond motifs is 2. The molecular weight excluding hydrogens is 553 g/mol. The third-order valence-corrected chi connectivity index (χ3v) is 5.89. The van der Waals surface area contributed by atoms with Gasteiger partial charge in [0.15, 0.2) is 0 Å². The van der Waals surface area contributed by atoms with Crippen LogP contribution in [-0.2, 0) is 18.5 Å². The summed E-state index contributed by atoms with van der Waals surface area (Å²) in [5.41, 5.74) is -0.964. The van der Waals surface area contributed by atoms with Crippen LogP contribution in [0.15, 0.2) is 12.3 Å². The van der Waals surface area contributed by atoms with Crippen LogP contribution in [0.3, 0.4) is 0 Å². The van der Waals surface area contributed by atoms with Gasteiger partial charge in [0.1, 0.15) is 24.1 Å². The zero-order valence-corrected chi connectivity index (χ0v) is 19.7. The van der Waals surface area contributed by atoms with Crippen molar-refractivity contribution in [3.8, 4) is 0 Å². The van der Waals surface area contributed by atoms with Crippen LogP contribution in [0.5, 0.6) is 0 Å². The van der Waals surface area contributed by atoms with Crippen molar-refractivity contribution in [3.05, 3.63) is 30.4 Å². The van der Waals surface area contributed by atoms with Crippen molar-refractivity contribution in [1.29, 1.82) is 0 Å². The third-order valence-electron chi connectivity index (χ3n) is 3.78. The zero-order valence-electron chi connectivity index (χ0n) is 15.7. The summed E-state index contributed by atoms with van der Waals surface area (Å²) in [6.07, 6.45) is -0.833. The van der Waals surface area contributed by atoms with E-state index in [-0.39, 0.29) is 62.7 Å². The van der Waals surface area contributed by atoms with E-state index in [1.54, 1.807) is 6.61 Å². The maximum atomic E-state index is 7.87. The van der Waals surface area contributed by atoms with Crippen molar-refractivity contribution >= 4 is 8.53 Å². The van der Waals surface area contributed by atoms with Gasteiger partial charge in [-0.25, -0.2) is 11.2 Å². The Morgan fingerprint density at radius 3 is 2.67 bits per heavy atom. The molecule has 0 amide bonds. The summed E-state index contributed by atoms with van der Waals surface area (Å²) in [5, 5.41) is 0. The van der Waals surface area contributed by atoms with Crippen LogP contribution in [0, 0.1) is 44.3 Å². The van der Waals surface area contributed by atoms with Gasteiger partial charge in [-0.3, -0.25) is 0 Å². The molecule has 0 aromatic rings. The molecule has 2 saturated heterocycles. The first-order valence-electron chi connectivity index (χ1n) is 8.45. The van der Waals surface area contributed by atoms with E-state index in [0.29, 0.717) is 12.4 Å². The molecule has 0 aromatic heterocycles. The molecule has 0 aromatic carbocycles. The van der Waals surface area contributed by atoms with Gasteiger partial charge >= 0.3 is 0 Å². The van der Waals surface area contributed by atoms with Gasteiger partial charge < -0.3 is 23.4 Å². The molecule has 134 valence electrons. The van der Waals surface area contributed by atoms with E-state index in [2.05, 4.69) is 43.8 Å². The van der Waals surface area contributed by atoms with E-state index in [9.17, 15) is 0 Å². The van der Waals surface area contributed by atoms with Gasteiger partial charge in [0, 0.05) is 50.7 Å². The van der Waals surface area contributed by atoms with Crippen molar-refractivity contribution < 1.29 is 51.0 Å². The summed E-state index contributed by atoms with van der Waals surface area (Å²) in [5.74, 6) is 0.437. The smallest absolute Gasteiger partial charge is 0.259 e. The Kier molecular flexibility index (Phi) is 8.04. The number of hydrogen-bond donors (Lipinski definition) is 0. The molecule has 2 aliphatic rings. The van der Waals surface area contributed by atoms with Crippen LogP contribution >= 0.6 is 8.53 Å². The molecule has 8 heteroatoms. The second kappa shape index (κ2) is 9.34. The van der Waals surface area contributed by atoms with Crippen molar-refractivity contribution in [2.24, 2.45) is 0 Å². The number of rotatable bonds is 8. The summed E-state index contributed by atoms with van der Waals surface area (Å²) in [6.45, 7) is 21.3. The molecule has 0 aliphatic carbocycles. The van der Waals surface area contributed by atoms with Gasteiger partial charge in [0.25, 0.3) is 8.53 Å². The van der Waals surface area contributed by atoms with Gasteiger partial charge in [-0.2, -0.15) is 6.61 Å². The molecule has 0 N–H and O–H groups in total. The summed E-state index contributed by atoms with van der Waals surface area (Å²) in [7, 11) is -1.41. The maximum Gasteiger partial charge on any atom is 0.259 e. The molecule has 2 heterocycles. The molecule has 0 saturated carbocycles. The standard InChI is InChI=1S/C16H26N2O4P.U/c1-11(2)18(12(3)4)23(20-9-8-17-7)22-15-14-10-19-16(15,6)13(5)21-14;/h10-12,14-15H,5,8-9H2,1-4,6H3;/q-1;/t14-,15-,16-,23?;/m0./s1/i6D;. The Bertz CT molecular complexity index is 497. The van der Waals surface area contributed by atoms with Crippen LogP contribution in [0.4, 0.5) is 0 Å². The van der Waals surface area contributed by atoms with Crippen LogP contribution in [0.2, 0.25) is 0 Å². The van der Waals surface area contributed by atoms with E-state index >= 15 is 0 Å². The largest absolute Gasteiger partial charge is 0.537 e. The van der Waals surface area contributed by atoms with Gasteiger partial charge in [-0.15, -0.1) is 0 Å². The zero-order chi connectivity index (χ0) is 17.9. The second-order valence-corrected chi connectivity index (χ2v) is 7.60. The number of hydrogen-bond acceptors (Lipinski definition) is 5. The fourth-order valence-electron chi connectivity index (χ4n) is 2.70. The van der Waals surface area contributed by atoms with Crippen molar-refractivity contribution in [1.82, 2.24) is 4.67 Å². The molecule has 0 radical (unpaired) electrons. The fourth-order valence-corrected chi connectivity index (χ4v) is 4.48. The monoisotopic (exact) mass is 580 g/mol. The minimum atomic E-state index is -1.41. The minimum Gasteiger partial charge on any atom is -0.537 e. The van der Waals surface area contributed by atoms with Crippen molar-refractivity contribution in [2.45, 2.75) is 64.5 Å². The molecular formula is C16H26N2O4PU-. The number of nitrogens with zero attached hydrogens (tertiary/aromatic N) is 2. The van der Waals surface area contributed by atoms with Crippen LogP contribution in [-0.4, -0.2) is 47.7 Å². The minimum absolute atomic E-state index is 0. The normalized spacial score (nSPS) is 30.2. The Morgan fingerprint density at radius 2 is 2.17 bits per heavy atom. The number of ether oxygens (including phenoxy) is 2. The fraction of sp³-hybridized carbons (Fsp3) is 0.750. The molecule has 2 bridgehead atoms. The summed E-state index contributed by atoms with van der Waals surface area (Å²) in [6, 6.07) is 0.424. The Balaban J connectivity index is 0.00000312. The molecule has 2 rings (SSSR count). The van der Waals surface area contributed by atoms with Crippen LogP contribution in [0.25, 0.3) is 4.85 Å². The average Bonchev–Trinajstić information content (AvgIpc) is 2.98. The quantitative estimate of drug-likeness (QED) is 0.250. The molecule has 2 aliphatic heterocycles. The van der Waals surface area contributed by atoms with Gasteiger partial charge in [0.05, 0.1) is 0 Å². The first kappa shape index (κ1) is 20.7. The maximum absolute atomic E-state index is 7.87. The Hall–Kier alpha value is 0.352. The van der Waals surface area contributed by atoms with E-state index < -0.39 is 20.2 Å². The molecule has 4 atom stereocenters. The second-order valence-electron chi connectivity index (χ2n) is 6.20. The van der Waals surface area contributed by atoms with E-state index in [1.807, 2.05) is 0 Å². The molecule has 2 fully saturated rings. The van der Waals surface area contributed by atoms with Crippen LogP contribution in [0.1, 0.15) is 36.0 Å². The van der Waals surface area contributed by atoms with E-state index in [0.717, 1.165) is 0 Å². The Morgan fingerprint density at radius 1 is 1.50 bits per heavy atom. The average molecular weight is 580 g/mol. The third kappa shape index (κ3) is 4.54. The SMILES string of the molecule is [2H]C[C@]12O[CH-][C@H](OC1=C)[C@@H]2OP(OCC[N+]#[C-])N(C(C)C)C(C)C.[U]. The summed E-state index contributed by atoms with van der Waals surface area (Å²) < 4.78 is 33.6. The van der Waals surface area contributed by atoms with Gasteiger partial charge in [-0.1, -0.05) is 6.58 Å². The predicted octanol–water partition coefficient (Wildman–Crippen LogP) is 3.52. The first-order chi connectivity index (χ1) is 11.4. The van der Waals surface area contributed by atoms with Gasteiger partial charge in [0.2, 0.25) is 6.54 Å². The summed E-state index contributed by atoms with van der Waals surface area (Å²) in [4.78, 5) is 3.33.